The second-order valence-electron chi connectivity index (χ2n) is 5.04. The third kappa shape index (κ3) is 1.61. The van der Waals surface area contributed by atoms with E-state index in [4.69, 9.17) is 5.73 Å². The normalized spacial score (nSPS) is 12.0. The molecule has 2 N–H and O–H groups in total. The first-order valence-corrected chi connectivity index (χ1v) is 6.67. The van der Waals surface area contributed by atoms with Crippen molar-refractivity contribution < 1.29 is 4.92 Å². The van der Waals surface area contributed by atoms with Crippen molar-refractivity contribution in [1.29, 1.82) is 0 Å². The van der Waals surface area contributed by atoms with E-state index in [1.165, 1.54) is 12.1 Å². The molecule has 0 saturated heterocycles. The van der Waals surface area contributed by atoms with Crippen LogP contribution in [0.5, 0.6) is 0 Å². The Morgan fingerprint density at radius 3 is 2.14 bits per heavy atom. The van der Waals surface area contributed by atoms with E-state index >= 15 is 0 Å². The van der Waals surface area contributed by atoms with Crippen molar-refractivity contribution in [2.24, 2.45) is 10.2 Å². The number of nitrogens with zero attached hydrogens (tertiary/aromatic N) is 3. The summed E-state index contributed by atoms with van der Waals surface area (Å²) in [6, 6.07) is 14.2. The largest absolute Gasteiger partial charge is 0.396 e. The quantitative estimate of drug-likeness (QED) is 0.328. The van der Waals surface area contributed by atoms with Crippen molar-refractivity contribution in [2.75, 3.05) is 5.73 Å². The van der Waals surface area contributed by atoms with Crippen LogP contribution in [0.25, 0.3) is 21.9 Å². The van der Waals surface area contributed by atoms with E-state index < -0.39 is 4.92 Å². The van der Waals surface area contributed by atoms with E-state index in [1.54, 1.807) is 12.1 Å². The molecule has 0 aromatic heterocycles. The summed E-state index contributed by atoms with van der Waals surface area (Å²) in [5.74, 6) is 0. The molecule has 106 valence electrons. The molecule has 0 bridgehead atoms. The molecule has 6 heteroatoms. The van der Waals surface area contributed by atoms with Crippen LogP contribution in [0.1, 0.15) is 0 Å². The van der Waals surface area contributed by atoms with Crippen molar-refractivity contribution in [3.05, 3.63) is 58.6 Å². The highest BCUT2D eigenvalue weighted by Gasteiger charge is 2.23. The number of nitro groups is 1. The molecular formula is C16H10N4O2. The summed E-state index contributed by atoms with van der Waals surface area (Å²) in [6.07, 6.45) is 0. The second-order valence-corrected chi connectivity index (χ2v) is 5.04. The van der Waals surface area contributed by atoms with Crippen LogP contribution < -0.4 is 5.73 Å². The van der Waals surface area contributed by atoms with E-state index in [0.29, 0.717) is 11.4 Å². The topological polar surface area (TPSA) is 93.9 Å². The van der Waals surface area contributed by atoms with Gasteiger partial charge < -0.3 is 5.73 Å². The molecule has 0 spiro atoms. The van der Waals surface area contributed by atoms with Crippen LogP contribution in [0, 0.1) is 10.1 Å². The first kappa shape index (κ1) is 12.5. The summed E-state index contributed by atoms with van der Waals surface area (Å²) in [6.45, 7) is 0. The fourth-order valence-electron chi connectivity index (χ4n) is 2.73. The predicted molar refractivity (Wildman–Crippen MR) is 84.6 cm³/mol. The van der Waals surface area contributed by atoms with Gasteiger partial charge in [0, 0.05) is 23.1 Å². The molecule has 4 rings (SSSR count). The van der Waals surface area contributed by atoms with Crippen LogP contribution in [-0.2, 0) is 0 Å². The molecule has 3 aromatic rings. The minimum Gasteiger partial charge on any atom is -0.396 e. The zero-order chi connectivity index (χ0) is 15.3. The van der Waals surface area contributed by atoms with Crippen LogP contribution in [0.15, 0.2) is 58.8 Å². The SMILES string of the molecule is Nc1c2c(c(-c3ccc([N+](=O)[O-])cc3)c3ccccc13)N=N2. The molecule has 6 nitrogen and oxygen atoms in total. The lowest BCUT2D eigenvalue weighted by atomic mass is 9.93. The number of azo groups is 1. The predicted octanol–water partition coefficient (Wildman–Crippen LogP) is 4.73. The van der Waals surface area contributed by atoms with Crippen molar-refractivity contribution in [3.8, 4) is 11.1 Å². The molecule has 0 aliphatic carbocycles. The van der Waals surface area contributed by atoms with Gasteiger partial charge in [-0.2, -0.15) is 0 Å². The first-order valence-electron chi connectivity index (χ1n) is 6.67. The summed E-state index contributed by atoms with van der Waals surface area (Å²) in [5.41, 5.74) is 10.0. The zero-order valence-electron chi connectivity index (χ0n) is 11.4. The van der Waals surface area contributed by atoms with Crippen molar-refractivity contribution in [3.63, 3.8) is 0 Å². The Morgan fingerprint density at radius 1 is 0.909 bits per heavy atom. The van der Waals surface area contributed by atoms with E-state index in [9.17, 15) is 10.1 Å². The third-order valence-electron chi connectivity index (χ3n) is 3.82. The molecule has 0 saturated carbocycles. The minimum atomic E-state index is -0.414. The van der Waals surface area contributed by atoms with E-state index in [-0.39, 0.29) is 5.69 Å². The van der Waals surface area contributed by atoms with E-state index in [0.717, 1.165) is 27.6 Å². The van der Waals surface area contributed by atoms with Crippen LogP contribution in [0.4, 0.5) is 22.7 Å². The number of fused-ring (bicyclic) bond motifs is 2. The van der Waals surface area contributed by atoms with Crippen LogP contribution in [0.2, 0.25) is 0 Å². The van der Waals surface area contributed by atoms with Gasteiger partial charge in [0.05, 0.1) is 10.6 Å². The molecule has 0 atom stereocenters. The molecule has 0 amide bonds. The molecule has 3 aromatic carbocycles. The van der Waals surface area contributed by atoms with Gasteiger partial charge in [-0.05, 0) is 23.1 Å². The van der Waals surface area contributed by atoms with Gasteiger partial charge in [0.2, 0.25) is 0 Å². The lowest BCUT2D eigenvalue weighted by Gasteiger charge is -2.19. The average Bonchev–Trinajstić information content (AvgIpc) is 2.50. The van der Waals surface area contributed by atoms with Crippen LogP contribution in [0.3, 0.4) is 0 Å². The molecule has 0 radical (unpaired) electrons. The summed E-state index contributed by atoms with van der Waals surface area (Å²) in [4.78, 5) is 10.4. The van der Waals surface area contributed by atoms with Gasteiger partial charge in [-0.25, -0.2) is 0 Å². The van der Waals surface area contributed by atoms with Gasteiger partial charge in [0.1, 0.15) is 11.4 Å². The smallest absolute Gasteiger partial charge is 0.269 e. The fourth-order valence-corrected chi connectivity index (χ4v) is 2.73. The molecule has 0 unspecified atom stereocenters. The van der Waals surface area contributed by atoms with E-state index in [1.807, 2.05) is 24.3 Å². The summed E-state index contributed by atoms with van der Waals surface area (Å²) >= 11 is 0. The fraction of sp³-hybridized carbons (Fsp3) is 0. The highest BCUT2D eigenvalue weighted by atomic mass is 16.6. The number of benzene rings is 3. The Kier molecular flexibility index (Phi) is 2.47. The Labute approximate surface area is 125 Å². The van der Waals surface area contributed by atoms with Gasteiger partial charge in [-0.3, -0.25) is 10.1 Å². The van der Waals surface area contributed by atoms with Crippen LogP contribution >= 0.6 is 0 Å². The number of non-ortho nitro benzene ring substituents is 1. The lowest BCUT2D eigenvalue weighted by Crippen LogP contribution is -1.95. The molecule has 1 heterocycles. The van der Waals surface area contributed by atoms with Crippen molar-refractivity contribution >= 4 is 33.5 Å². The highest BCUT2D eigenvalue weighted by Crippen LogP contribution is 2.53. The van der Waals surface area contributed by atoms with Gasteiger partial charge in [-0.15, -0.1) is 10.2 Å². The molecule has 1 aliphatic rings. The summed E-state index contributed by atoms with van der Waals surface area (Å²) < 4.78 is 0. The number of rotatable bonds is 2. The number of hydrogen-bond donors (Lipinski definition) is 1. The minimum absolute atomic E-state index is 0.0592. The standard InChI is InChI=1S/C16H10N4O2/c17-14-12-4-2-1-3-11(12)13(15-16(14)19-18-15)9-5-7-10(8-6-9)20(21)22/h1-8H,17H2. The Bertz CT molecular complexity index is 962. The maximum Gasteiger partial charge on any atom is 0.269 e. The van der Waals surface area contributed by atoms with Crippen LogP contribution in [-0.4, -0.2) is 4.92 Å². The maximum absolute atomic E-state index is 10.8. The van der Waals surface area contributed by atoms with Crippen molar-refractivity contribution in [2.45, 2.75) is 0 Å². The number of nitro benzene ring substituents is 1. The number of hydrogen-bond acceptors (Lipinski definition) is 5. The molecular weight excluding hydrogens is 280 g/mol. The maximum atomic E-state index is 10.8. The Morgan fingerprint density at radius 2 is 1.55 bits per heavy atom. The van der Waals surface area contributed by atoms with Crippen molar-refractivity contribution in [1.82, 2.24) is 0 Å². The monoisotopic (exact) mass is 290 g/mol. The van der Waals surface area contributed by atoms with E-state index in [2.05, 4.69) is 10.2 Å². The average molecular weight is 290 g/mol. The number of anilines is 1. The lowest BCUT2D eigenvalue weighted by molar-refractivity contribution is -0.384. The molecule has 1 aliphatic heterocycles. The molecule has 0 fully saturated rings. The zero-order valence-corrected chi connectivity index (χ0v) is 11.4. The Hall–Kier alpha value is -3.28. The van der Waals surface area contributed by atoms with Gasteiger partial charge in [0.25, 0.3) is 5.69 Å². The Balaban J connectivity index is 2.02. The molecule has 22 heavy (non-hydrogen) atoms. The first-order chi connectivity index (χ1) is 10.7. The highest BCUT2D eigenvalue weighted by molar-refractivity contribution is 6.14. The van der Waals surface area contributed by atoms with Gasteiger partial charge in [0.15, 0.2) is 0 Å². The second kappa shape index (κ2) is 4.36. The summed E-state index contributed by atoms with van der Waals surface area (Å²) in [5, 5.41) is 20.8. The summed E-state index contributed by atoms with van der Waals surface area (Å²) in [7, 11) is 0. The number of nitrogens with two attached hydrogens (primary N) is 1. The third-order valence-corrected chi connectivity index (χ3v) is 3.82. The number of nitrogen functional groups attached to an aromatic ring is 1. The van der Waals surface area contributed by atoms with Gasteiger partial charge in [-0.1, -0.05) is 24.3 Å². The van der Waals surface area contributed by atoms with Gasteiger partial charge >= 0.3 is 0 Å².